The molecule has 1 N–H and O–H groups in total. The highest BCUT2D eigenvalue weighted by Crippen LogP contribution is 2.43. The van der Waals surface area contributed by atoms with Crippen LogP contribution in [0, 0.1) is 0 Å². The fraction of sp³-hybridized carbons (Fsp3) is 0.333. The summed E-state index contributed by atoms with van der Waals surface area (Å²) in [5.74, 6) is 0.750. The van der Waals surface area contributed by atoms with E-state index in [0.717, 1.165) is 58.2 Å². The summed E-state index contributed by atoms with van der Waals surface area (Å²) in [6.45, 7) is 7.95. The average molecular weight is 617 g/mol. The van der Waals surface area contributed by atoms with Gasteiger partial charge in [-0.3, -0.25) is 0 Å². The fourth-order valence-corrected chi connectivity index (χ4v) is 7.13. The zero-order valence-corrected chi connectivity index (χ0v) is 26.1. The number of nitrogens with one attached hydrogen (secondary N) is 1. The van der Waals surface area contributed by atoms with Crippen LogP contribution in [0.15, 0.2) is 76.5 Å². The molecular formula is C33H36N4O6S. The quantitative estimate of drug-likeness (QED) is 0.283. The van der Waals surface area contributed by atoms with Crippen molar-refractivity contribution in [3.05, 3.63) is 78.0 Å². The Bertz CT molecular complexity index is 1930. The highest BCUT2D eigenvalue weighted by Gasteiger charge is 2.38. The fourth-order valence-electron chi connectivity index (χ4n) is 6.33. The number of hydrogen-bond acceptors (Lipinski definition) is 8. The first-order chi connectivity index (χ1) is 21.1. The van der Waals surface area contributed by atoms with Gasteiger partial charge in [0.25, 0.3) is 5.52 Å². The van der Waals surface area contributed by atoms with E-state index in [2.05, 4.69) is 47.4 Å². The van der Waals surface area contributed by atoms with Crippen molar-refractivity contribution in [3.8, 4) is 5.75 Å². The monoisotopic (exact) mass is 616 g/mol. The van der Waals surface area contributed by atoms with Crippen LogP contribution in [0.2, 0.25) is 0 Å². The number of sulfonamides is 1. The molecule has 0 aliphatic carbocycles. The van der Waals surface area contributed by atoms with Gasteiger partial charge in [-0.1, -0.05) is 31.2 Å². The molecular weight excluding hydrogens is 580 g/mol. The molecule has 2 atom stereocenters. The third-order valence-electron chi connectivity index (χ3n) is 8.32. The Balaban J connectivity index is 1.33. The van der Waals surface area contributed by atoms with Gasteiger partial charge in [0, 0.05) is 30.9 Å². The van der Waals surface area contributed by atoms with Crippen molar-refractivity contribution >= 4 is 55.3 Å². The van der Waals surface area contributed by atoms with Crippen molar-refractivity contribution in [1.29, 1.82) is 0 Å². The number of carbonyl (C=O) groups excluding carboxylic acids is 1. The first-order valence-electron chi connectivity index (χ1n) is 14.9. The van der Waals surface area contributed by atoms with Crippen molar-refractivity contribution in [2.24, 2.45) is 0 Å². The average Bonchev–Trinajstić information content (AvgIpc) is 3.67. The van der Waals surface area contributed by atoms with Gasteiger partial charge in [0.05, 0.1) is 35.4 Å². The number of anilines is 2. The topological polar surface area (TPSA) is 119 Å². The number of aryl methyl sites for hydroxylation is 1. The Labute approximate surface area is 256 Å². The van der Waals surface area contributed by atoms with E-state index in [4.69, 9.17) is 9.15 Å². The summed E-state index contributed by atoms with van der Waals surface area (Å²) in [7, 11) is -3.59. The molecule has 0 spiro atoms. The largest absolute Gasteiger partial charge is 0.548 e. The lowest BCUT2D eigenvalue weighted by molar-refractivity contribution is -0.673. The van der Waals surface area contributed by atoms with Gasteiger partial charge in [0.2, 0.25) is 21.5 Å². The van der Waals surface area contributed by atoms with Crippen LogP contribution >= 0.6 is 0 Å². The summed E-state index contributed by atoms with van der Waals surface area (Å²) in [6, 6.07) is 16.0. The van der Waals surface area contributed by atoms with Gasteiger partial charge in [0.15, 0.2) is 5.75 Å². The van der Waals surface area contributed by atoms with Crippen molar-refractivity contribution in [1.82, 2.24) is 4.72 Å². The molecule has 3 heterocycles. The van der Waals surface area contributed by atoms with Crippen LogP contribution in [0.5, 0.6) is 5.75 Å². The van der Waals surface area contributed by atoms with Gasteiger partial charge in [-0.25, -0.2) is 13.1 Å². The van der Waals surface area contributed by atoms with Gasteiger partial charge in [-0.05, 0) is 68.0 Å². The van der Waals surface area contributed by atoms with Crippen LogP contribution in [-0.2, 0) is 21.4 Å². The minimum Gasteiger partial charge on any atom is -0.548 e. The van der Waals surface area contributed by atoms with Crippen LogP contribution in [-0.4, -0.2) is 45.8 Å². The molecule has 0 bridgehead atoms. The standard InChI is InChI=1S/C33H36N4O6S/c1-5-21(19-30-36(7-3)31-24-11-9-8-10-22(24)12-14-28(31)43-30)18-29-35(6-2)26-20-23(13-15-27(26)42-29)37-17-16-25(32(37)33(38)39)34-44(4,40)41/h8-15,18-20,25,32,34H,5-7,16-17H2,1-4H3. The lowest BCUT2D eigenvalue weighted by Crippen LogP contribution is -2.54. The number of carboxylic acid groups (broad SMARTS) is 1. The number of hydrogen-bond donors (Lipinski definition) is 1. The number of aliphatic carboxylic acids is 1. The van der Waals surface area contributed by atoms with Crippen molar-refractivity contribution in [3.63, 3.8) is 0 Å². The lowest BCUT2D eigenvalue weighted by Gasteiger charge is -2.31. The van der Waals surface area contributed by atoms with Gasteiger partial charge in [0.1, 0.15) is 6.54 Å². The second-order valence-corrected chi connectivity index (χ2v) is 12.9. The number of ether oxygens (including phenoxy) is 1. The molecule has 6 rings (SSSR count). The molecule has 2 aliphatic rings. The zero-order chi connectivity index (χ0) is 31.2. The van der Waals surface area contributed by atoms with Crippen molar-refractivity contribution < 1.29 is 32.0 Å². The number of aromatic nitrogens is 1. The predicted octanol–water partition coefficient (Wildman–Crippen LogP) is 3.69. The maximum absolute atomic E-state index is 12.1. The number of fused-ring (bicyclic) bond motifs is 4. The van der Waals surface area contributed by atoms with E-state index in [1.807, 2.05) is 48.2 Å². The third kappa shape index (κ3) is 5.41. The summed E-state index contributed by atoms with van der Waals surface area (Å²) >= 11 is 0. The Kier molecular flexibility index (Phi) is 7.85. The number of carboxylic acids is 1. The Morgan fingerprint density at radius 3 is 2.64 bits per heavy atom. The molecule has 44 heavy (non-hydrogen) atoms. The van der Waals surface area contributed by atoms with Gasteiger partial charge in [-0.2, -0.15) is 4.57 Å². The summed E-state index contributed by atoms with van der Waals surface area (Å²) in [5, 5.41) is 14.4. The molecule has 1 aromatic heterocycles. The minimum absolute atomic E-state index is 0.349. The van der Waals surface area contributed by atoms with E-state index in [9.17, 15) is 18.3 Å². The molecule has 4 aromatic rings. The zero-order valence-electron chi connectivity index (χ0n) is 25.2. The van der Waals surface area contributed by atoms with Crippen molar-refractivity contribution in [2.75, 3.05) is 29.1 Å². The Morgan fingerprint density at radius 2 is 1.93 bits per heavy atom. The highest BCUT2D eigenvalue weighted by atomic mass is 32.2. The maximum atomic E-state index is 12.1. The summed E-state index contributed by atoms with van der Waals surface area (Å²) in [4.78, 5) is 15.8. The van der Waals surface area contributed by atoms with E-state index in [1.165, 1.54) is 0 Å². The predicted molar refractivity (Wildman–Crippen MR) is 169 cm³/mol. The minimum atomic E-state index is -3.59. The number of allylic oxidation sites excluding steroid dienone is 2. The lowest BCUT2D eigenvalue weighted by atomic mass is 10.1. The van der Waals surface area contributed by atoms with Gasteiger partial charge in [-0.15, -0.1) is 0 Å². The number of benzene rings is 3. The summed E-state index contributed by atoms with van der Waals surface area (Å²) in [5.41, 5.74) is 4.38. The molecule has 230 valence electrons. The molecule has 1 saturated heterocycles. The molecule has 2 aliphatic heterocycles. The molecule has 11 heteroatoms. The smallest absolute Gasteiger partial charge is 0.374 e. The van der Waals surface area contributed by atoms with Gasteiger partial charge < -0.3 is 28.9 Å². The summed E-state index contributed by atoms with van der Waals surface area (Å²) in [6.07, 6.45) is 6.19. The van der Waals surface area contributed by atoms with Crippen LogP contribution in [0.25, 0.3) is 27.9 Å². The highest BCUT2D eigenvalue weighted by molar-refractivity contribution is 7.88. The van der Waals surface area contributed by atoms with E-state index in [-0.39, 0.29) is 0 Å². The first-order valence-corrected chi connectivity index (χ1v) is 16.8. The van der Waals surface area contributed by atoms with Crippen LogP contribution in [0.4, 0.5) is 11.4 Å². The number of oxazole rings is 1. The second-order valence-electron chi connectivity index (χ2n) is 11.1. The first kappa shape index (κ1) is 29.7. The molecule has 10 nitrogen and oxygen atoms in total. The number of nitrogens with zero attached hydrogens (tertiary/aromatic N) is 3. The third-order valence-corrected chi connectivity index (χ3v) is 9.05. The summed E-state index contributed by atoms with van der Waals surface area (Å²) < 4.78 is 41.0. The van der Waals surface area contributed by atoms with Crippen LogP contribution < -0.4 is 28.9 Å². The van der Waals surface area contributed by atoms with Crippen LogP contribution in [0.1, 0.15) is 39.5 Å². The maximum Gasteiger partial charge on any atom is 0.374 e. The second kappa shape index (κ2) is 11.6. The molecule has 0 amide bonds. The Morgan fingerprint density at radius 1 is 1.14 bits per heavy atom. The SMILES string of the molecule is CCC(/C=C1\Oc2ccc(N3CCC(NS(C)(=O)=O)C3C(=O)[O-])cc2N1CC)=C\c1oc2ccc3ccccc3c2[n+]1CC. The van der Waals surface area contributed by atoms with Crippen molar-refractivity contribution in [2.45, 2.75) is 52.2 Å². The molecule has 0 saturated carbocycles. The van der Waals surface area contributed by atoms with E-state index in [0.29, 0.717) is 36.8 Å². The van der Waals surface area contributed by atoms with E-state index in [1.54, 1.807) is 11.0 Å². The normalized spacial score (nSPS) is 19.7. The van der Waals surface area contributed by atoms with E-state index < -0.39 is 28.1 Å². The molecule has 3 aromatic carbocycles. The molecule has 1 fully saturated rings. The Hall–Kier alpha value is -4.35. The molecule has 2 unspecified atom stereocenters. The van der Waals surface area contributed by atoms with Crippen LogP contribution in [0.3, 0.4) is 0 Å². The number of rotatable bonds is 9. The molecule has 0 radical (unpaired) electrons. The van der Waals surface area contributed by atoms with Gasteiger partial charge >= 0.3 is 5.89 Å². The van der Waals surface area contributed by atoms with E-state index >= 15 is 0 Å². The number of carbonyl (C=O) groups is 1.